The highest BCUT2D eigenvalue weighted by Crippen LogP contribution is 2.30. The highest BCUT2D eigenvalue weighted by Gasteiger charge is 2.18. The van der Waals surface area contributed by atoms with Gasteiger partial charge >= 0.3 is 5.97 Å². The molecule has 1 N–H and O–H groups in total. The van der Waals surface area contributed by atoms with E-state index in [1.54, 1.807) is 0 Å². The van der Waals surface area contributed by atoms with Gasteiger partial charge in [-0.05, 0) is 42.7 Å². The molecule has 0 saturated carbocycles. The van der Waals surface area contributed by atoms with Gasteiger partial charge in [0.15, 0.2) is 0 Å². The minimum absolute atomic E-state index is 0.190. The Morgan fingerprint density at radius 2 is 2.37 bits per heavy atom. The van der Waals surface area contributed by atoms with Gasteiger partial charge in [-0.2, -0.15) is 11.8 Å². The number of thioether (sulfide) groups is 1. The number of rotatable bonds is 6. The summed E-state index contributed by atoms with van der Waals surface area (Å²) in [6, 6.07) is 5.73. The molecule has 1 unspecified atom stereocenters. The molecule has 0 aliphatic carbocycles. The van der Waals surface area contributed by atoms with Crippen LogP contribution in [0.3, 0.4) is 0 Å². The summed E-state index contributed by atoms with van der Waals surface area (Å²) in [4.78, 5) is 10.5. The van der Waals surface area contributed by atoms with E-state index < -0.39 is 5.97 Å². The first-order chi connectivity index (χ1) is 9.15. The SMILES string of the molecule is O=C(O)CCCc1ccc(OC2CCSC2)c(Cl)c1. The number of halogens is 1. The van der Waals surface area contributed by atoms with Crippen molar-refractivity contribution in [2.45, 2.75) is 31.8 Å². The highest BCUT2D eigenvalue weighted by molar-refractivity contribution is 7.99. The Labute approximate surface area is 122 Å². The van der Waals surface area contributed by atoms with E-state index in [1.807, 2.05) is 30.0 Å². The second kappa shape index (κ2) is 7.06. The van der Waals surface area contributed by atoms with Crippen molar-refractivity contribution in [3.63, 3.8) is 0 Å². The average molecular weight is 301 g/mol. The number of carboxylic acid groups (broad SMARTS) is 1. The van der Waals surface area contributed by atoms with Crippen molar-refractivity contribution < 1.29 is 14.6 Å². The minimum Gasteiger partial charge on any atom is -0.488 e. The summed E-state index contributed by atoms with van der Waals surface area (Å²) in [5.41, 5.74) is 1.05. The first-order valence-corrected chi connectivity index (χ1v) is 7.93. The molecule has 0 amide bonds. The Morgan fingerprint density at radius 1 is 1.53 bits per heavy atom. The third-order valence-corrected chi connectivity index (χ3v) is 4.46. The predicted octanol–water partition coefficient (Wildman–Crippen LogP) is 3.63. The third kappa shape index (κ3) is 4.62. The van der Waals surface area contributed by atoms with Gasteiger partial charge in [0.2, 0.25) is 0 Å². The molecule has 0 radical (unpaired) electrons. The smallest absolute Gasteiger partial charge is 0.303 e. The number of hydrogen-bond donors (Lipinski definition) is 1. The largest absolute Gasteiger partial charge is 0.488 e. The van der Waals surface area contributed by atoms with Crippen LogP contribution in [0.1, 0.15) is 24.8 Å². The van der Waals surface area contributed by atoms with Gasteiger partial charge in [-0.3, -0.25) is 4.79 Å². The van der Waals surface area contributed by atoms with Crippen LogP contribution in [0.15, 0.2) is 18.2 Å². The Morgan fingerprint density at radius 3 is 3.00 bits per heavy atom. The number of carboxylic acids is 1. The lowest BCUT2D eigenvalue weighted by atomic mass is 10.1. The van der Waals surface area contributed by atoms with Crippen molar-refractivity contribution >= 4 is 29.3 Å². The van der Waals surface area contributed by atoms with E-state index in [0.717, 1.165) is 35.7 Å². The van der Waals surface area contributed by atoms with Crippen LogP contribution in [0, 0.1) is 0 Å². The molecule has 1 saturated heterocycles. The third-order valence-electron chi connectivity index (χ3n) is 3.03. The maximum atomic E-state index is 10.5. The van der Waals surface area contributed by atoms with Gasteiger partial charge in [0.25, 0.3) is 0 Å². The number of ether oxygens (including phenoxy) is 1. The standard InChI is InChI=1S/C14H17ClO3S/c15-12-8-10(2-1-3-14(16)17)4-5-13(12)18-11-6-7-19-9-11/h4-5,8,11H,1-3,6-7,9H2,(H,16,17). The Hall–Kier alpha value is -0.870. The fraction of sp³-hybridized carbons (Fsp3) is 0.500. The van der Waals surface area contributed by atoms with E-state index in [1.165, 1.54) is 0 Å². The second-order valence-corrected chi connectivity index (χ2v) is 6.17. The topological polar surface area (TPSA) is 46.5 Å². The van der Waals surface area contributed by atoms with Gasteiger partial charge in [0, 0.05) is 12.2 Å². The van der Waals surface area contributed by atoms with E-state index in [9.17, 15) is 4.79 Å². The normalized spacial score (nSPS) is 18.5. The molecule has 1 aliphatic rings. The molecule has 1 aromatic carbocycles. The molecular formula is C14H17ClO3S. The van der Waals surface area contributed by atoms with Gasteiger partial charge in [0.05, 0.1) is 5.02 Å². The quantitative estimate of drug-likeness (QED) is 0.871. The van der Waals surface area contributed by atoms with Crippen LogP contribution in [0.4, 0.5) is 0 Å². The number of carbonyl (C=O) groups is 1. The summed E-state index contributed by atoms with van der Waals surface area (Å²) in [5, 5.41) is 9.22. The van der Waals surface area contributed by atoms with Gasteiger partial charge in [0.1, 0.15) is 11.9 Å². The second-order valence-electron chi connectivity index (χ2n) is 4.62. The summed E-state index contributed by atoms with van der Waals surface area (Å²) < 4.78 is 5.86. The van der Waals surface area contributed by atoms with E-state index in [0.29, 0.717) is 11.4 Å². The maximum absolute atomic E-state index is 10.5. The van der Waals surface area contributed by atoms with Crippen LogP contribution < -0.4 is 4.74 Å². The molecule has 1 aromatic rings. The van der Waals surface area contributed by atoms with Crippen molar-refractivity contribution in [2.75, 3.05) is 11.5 Å². The number of aliphatic carboxylic acids is 1. The molecular weight excluding hydrogens is 284 g/mol. The van der Waals surface area contributed by atoms with E-state index >= 15 is 0 Å². The molecule has 1 fully saturated rings. The van der Waals surface area contributed by atoms with Crippen molar-refractivity contribution in [3.05, 3.63) is 28.8 Å². The molecule has 1 atom stereocenters. The fourth-order valence-electron chi connectivity index (χ4n) is 2.02. The van der Waals surface area contributed by atoms with E-state index in [-0.39, 0.29) is 12.5 Å². The number of benzene rings is 1. The summed E-state index contributed by atoms with van der Waals surface area (Å²) in [6.07, 6.45) is 2.88. The van der Waals surface area contributed by atoms with Crippen molar-refractivity contribution in [3.8, 4) is 5.75 Å². The van der Waals surface area contributed by atoms with Crippen molar-refractivity contribution in [2.24, 2.45) is 0 Å². The Kier molecular flexibility index (Phi) is 5.40. The summed E-state index contributed by atoms with van der Waals surface area (Å²) in [6.45, 7) is 0. The van der Waals surface area contributed by atoms with Crippen LogP contribution in [-0.4, -0.2) is 28.7 Å². The summed E-state index contributed by atoms with van der Waals surface area (Å²) >= 11 is 8.10. The Balaban J connectivity index is 1.90. The summed E-state index contributed by atoms with van der Waals surface area (Å²) in [7, 11) is 0. The van der Waals surface area contributed by atoms with Gasteiger partial charge < -0.3 is 9.84 Å². The molecule has 19 heavy (non-hydrogen) atoms. The van der Waals surface area contributed by atoms with Crippen LogP contribution >= 0.6 is 23.4 Å². The zero-order valence-electron chi connectivity index (χ0n) is 10.6. The number of hydrogen-bond acceptors (Lipinski definition) is 3. The lowest BCUT2D eigenvalue weighted by Crippen LogP contribution is -2.14. The molecule has 1 heterocycles. The van der Waals surface area contributed by atoms with Crippen LogP contribution in [0.25, 0.3) is 0 Å². The molecule has 5 heteroatoms. The van der Waals surface area contributed by atoms with Gasteiger partial charge in [-0.1, -0.05) is 17.7 Å². The zero-order chi connectivity index (χ0) is 13.7. The van der Waals surface area contributed by atoms with Crippen LogP contribution in [-0.2, 0) is 11.2 Å². The zero-order valence-corrected chi connectivity index (χ0v) is 12.2. The lowest BCUT2D eigenvalue weighted by molar-refractivity contribution is -0.137. The highest BCUT2D eigenvalue weighted by atomic mass is 35.5. The van der Waals surface area contributed by atoms with Crippen molar-refractivity contribution in [1.29, 1.82) is 0 Å². The predicted molar refractivity (Wildman–Crippen MR) is 78.4 cm³/mol. The molecule has 2 rings (SSSR count). The molecule has 0 spiro atoms. The molecule has 3 nitrogen and oxygen atoms in total. The van der Waals surface area contributed by atoms with Gasteiger partial charge in [-0.15, -0.1) is 0 Å². The minimum atomic E-state index is -0.759. The maximum Gasteiger partial charge on any atom is 0.303 e. The molecule has 0 bridgehead atoms. The van der Waals surface area contributed by atoms with Crippen LogP contribution in [0.5, 0.6) is 5.75 Å². The lowest BCUT2D eigenvalue weighted by Gasteiger charge is -2.14. The summed E-state index contributed by atoms with van der Waals surface area (Å²) in [5.74, 6) is 2.15. The average Bonchev–Trinajstić information content (AvgIpc) is 2.85. The van der Waals surface area contributed by atoms with E-state index in [4.69, 9.17) is 21.4 Å². The number of aryl methyl sites for hydroxylation is 1. The monoisotopic (exact) mass is 300 g/mol. The first kappa shape index (κ1) is 14.5. The van der Waals surface area contributed by atoms with Gasteiger partial charge in [-0.25, -0.2) is 0 Å². The van der Waals surface area contributed by atoms with Crippen LogP contribution in [0.2, 0.25) is 5.02 Å². The molecule has 104 valence electrons. The molecule has 1 aliphatic heterocycles. The van der Waals surface area contributed by atoms with E-state index in [2.05, 4.69) is 0 Å². The fourth-order valence-corrected chi connectivity index (χ4v) is 3.37. The first-order valence-electron chi connectivity index (χ1n) is 6.40. The van der Waals surface area contributed by atoms with Crippen molar-refractivity contribution in [1.82, 2.24) is 0 Å². The molecule has 0 aromatic heterocycles. The Bertz CT molecular complexity index is 444.